The molecule has 0 unspecified atom stereocenters. The molecule has 1 saturated heterocycles. The van der Waals surface area contributed by atoms with Crippen molar-refractivity contribution in [3.8, 4) is 0 Å². The molecule has 1 aliphatic rings. The second-order valence-corrected chi connectivity index (χ2v) is 7.31. The van der Waals surface area contributed by atoms with Gasteiger partial charge in [-0.3, -0.25) is 5.32 Å². The summed E-state index contributed by atoms with van der Waals surface area (Å²) in [5.74, 6) is 0.0337. The molecule has 2 aromatic carbocycles. The van der Waals surface area contributed by atoms with Crippen molar-refractivity contribution in [3.63, 3.8) is 0 Å². The number of nitrogens with one attached hydrogen (secondary N) is 1. The molecular formula is C18H19Cl4N5O. The SMILES string of the molecule is Cl.NC(=Nc1ccc(Cl)cc1)NC(=O)N1CCN(c2cc(Cl)cc(Cl)c2)CC1. The zero-order valence-corrected chi connectivity index (χ0v) is 17.8. The molecule has 3 rings (SSSR count). The highest BCUT2D eigenvalue weighted by Crippen LogP contribution is 2.26. The summed E-state index contributed by atoms with van der Waals surface area (Å²) in [5.41, 5.74) is 7.37. The molecule has 1 fully saturated rings. The number of aliphatic imine (C=N–C) groups is 1. The van der Waals surface area contributed by atoms with E-state index in [2.05, 4.69) is 15.2 Å². The van der Waals surface area contributed by atoms with Crippen molar-refractivity contribution in [1.29, 1.82) is 0 Å². The van der Waals surface area contributed by atoms with Crippen molar-refractivity contribution in [2.75, 3.05) is 31.1 Å². The molecule has 28 heavy (non-hydrogen) atoms. The lowest BCUT2D eigenvalue weighted by atomic mass is 10.2. The number of nitrogens with zero attached hydrogens (tertiary/aromatic N) is 3. The van der Waals surface area contributed by atoms with Gasteiger partial charge >= 0.3 is 6.03 Å². The van der Waals surface area contributed by atoms with E-state index in [9.17, 15) is 4.79 Å². The van der Waals surface area contributed by atoms with Gasteiger partial charge in [0.2, 0.25) is 5.96 Å². The van der Waals surface area contributed by atoms with E-state index in [1.54, 1.807) is 35.2 Å². The Bertz CT molecular complexity index is 831. The number of carbonyl (C=O) groups is 1. The Hall–Kier alpha value is -1.86. The summed E-state index contributed by atoms with van der Waals surface area (Å²) in [5, 5.41) is 4.39. The minimum absolute atomic E-state index is 0. The van der Waals surface area contributed by atoms with Gasteiger partial charge in [0.25, 0.3) is 0 Å². The molecule has 2 amide bonds. The van der Waals surface area contributed by atoms with Crippen molar-refractivity contribution >= 4 is 70.6 Å². The molecule has 10 heteroatoms. The predicted molar refractivity (Wildman–Crippen MR) is 119 cm³/mol. The van der Waals surface area contributed by atoms with Gasteiger partial charge in [0.15, 0.2) is 0 Å². The van der Waals surface area contributed by atoms with Gasteiger partial charge in [-0.15, -0.1) is 12.4 Å². The smallest absolute Gasteiger partial charge is 0.324 e. The third-order valence-corrected chi connectivity index (χ3v) is 4.78. The molecule has 0 atom stereocenters. The lowest BCUT2D eigenvalue weighted by Gasteiger charge is -2.36. The molecule has 150 valence electrons. The molecule has 0 aliphatic carbocycles. The number of halogens is 4. The summed E-state index contributed by atoms with van der Waals surface area (Å²) in [6.07, 6.45) is 0. The summed E-state index contributed by atoms with van der Waals surface area (Å²) >= 11 is 18.0. The van der Waals surface area contributed by atoms with Crippen LogP contribution in [-0.2, 0) is 0 Å². The summed E-state index contributed by atoms with van der Waals surface area (Å²) in [6, 6.07) is 12.0. The number of rotatable bonds is 2. The minimum atomic E-state index is -0.283. The molecule has 0 radical (unpaired) electrons. The molecule has 6 nitrogen and oxygen atoms in total. The second kappa shape index (κ2) is 10.1. The average Bonchev–Trinajstić information content (AvgIpc) is 2.63. The largest absolute Gasteiger partial charge is 0.369 e. The third kappa shape index (κ3) is 6.07. The maximum Gasteiger partial charge on any atom is 0.324 e. The maximum atomic E-state index is 12.4. The Labute approximate surface area is 184 Å². The lowest BCUT2D eigenvalue weighted by molar-refractivity contribution is 0.199. The number of benzene rings is 2. The van der Waals surface area contributed by atoms with E-state index in [0.29, 0.717) is 46.9 Å². The number of carbonyl (C=O) groups excluding carboxylic acids is 1. The molecule has 2 aromatic rings. The number of hydrogen-bond donors (Lipinski definition) is 2. The maximum absolute atomic E-state index is 12.4. The Balaban J connectivity index is 0.00000280. The summed E-state index contributed by atoms with van der Waals surface area (Å²) in [7, 11) is 0. The van der Waals surface area contributed by atoms with Gasteiger partial charge in [-0.25, -0.2) is 9.79 Å². The fourth-order valence-corrected chi connectivity index (χ4v) is 3.40. The fourth-order valence-electron chi connectivity index (χ4n) is 2.76. The summed E-state index contributed by atoms with van der Waals surface area (Å²) in [4.78, 5) is 20.3. The normalized spacial score (nSPS) is 14.5. The van der Waals surface area contributed by atoms with Crippen LogP contribution in [0, 0.1) is 0 Å². The van der Waals surface area contributed by atoms with Crippen LogP contribution in [0.25, 0.3) is 0 Å². The monoisotopic (exact) mass is 461 g/mol. The second-order valence-electron chi connectivity index (χ2n) is 6.01. The van der Waals surface area contributed by atoms with Crippen molar-refractivity contribution < 1.29 is 4.79 Å². The van der Waals surface area contributed by atoms with Gasteiger partial charge in [-0.05, 0) is 42.5 Å². The van der Waals surface area contributed by atoms with Gasteiger partial charge in [-0.1, -0.05) is 34.8 Å². The zero-order valence-electron chi connectivity index (χ0n) is 14.7. The van der Waals surface area contributed by atoms with Crippen molar-refractivity contribution in [3.05, 3.63) is 57.5 Å². The number of guanidine groups is 1. The molecule has 1 heterocycles. The van der Waals surface area contributed by atoms with Crippen LogP contribution < -0.4 is 16.0 Å². The van der Waals surface area contributed by atoms with E-state index in [0.717, 1.165) is 5.69 Å². The van der Waals surface area contributed by atoms with Crippen LogP contribution in [0.2, 0.25) is 15.1 Å². The highest BCUT2D eigenvalue weighted by Gasteiger charge is 2.22. The van der Waals surface area contributed by atoms with Gasteiger partial charge in [-0.2, -0.15) is 0 Å². The standard InChI is InChI=1S/C18H18Cl3N5O.ClH/c19-12-1-3-15(4-2-12)23-17(22)24-18(27)26-7-5-25(6-8-26)16-10-13(20)9-14(21)11-16;/h1-4,9-11H,5-8H2,(H3,22,23,24,27);1H. The average molecular weight is 463 g/mol. The molecule has 3 N–H and O–H groups in total. The first-order valence-corrected chi connectivity index (χ1v) is 9.41. The van der Waals surface area contributed by atoms with Crippen LogP contribution in [0.4, 0.5) is 16.2 Å². The molecule has 0 bridgehead atoms. The van der Waals surface area contributed by atoms with Crippen molar-refractivity contribution in [2.45, 2.75) is 0 Å². The van der Waals surface area contributed by atoms with Gasteiger partial charge < -0.3 is 15.5 Å². The van der Waals surface area contributed by atoms with E-state index >= 15 is 0 Å². The third-order valence-electron chi connectivity index (χ3n) is 4.09. The number of anilines is 1. The van der Waals surface area contributed by atoms with Gasteiger partial charge in [0.1, 0.15) is 0 Å². The number of urea groups is 1. The van der Waals surface area contributed by atoms with E-state index in [1.165, 1.54) is 0 Å². The van der Waals surface area contributed by atoms with Gasteiger partial charge in [0, 0.05) is 46.9 Å². The highest BCUT2D eigenvalue weighted by atomic mass is 35.5. The number of piperazine rings is 1. The molecular weight excluding hydrogens is 444 g/mol. The summed E-state index contributed by atoms with van der Waals surface area (Å²) in [6.45, 7) is 2.42. The quantitative estimate of drug-likeness (QED) is 0.507. The molecule has 1 aliphatic heterocycles. The molecule has 0 aromatic heterocycles. The van der Waals surface area contributed by atoms with Crippen molar-refractivity contribution in [1.82, 2.24) is 10.2 Å². The highest BCUT2D eigenvalue weighted by molar-refractivity contribution is 6.35. The topological polar surface area (TPSA) is 74.0 Å². The first kappa shape index (κ1) is 22.4. The Kier molecular flexibility index (Phi) is 8.07. The number of amides is 2. The Morgan fingerprint density at radius 3 is 2.07 bits per heavy atom. The Morgan fingerprint density at radius 1 is 0.929 bits per heavy atom. The van der Waals surface area contributed by atoms with Crippen LogP contribution >= 0.6 is 47.2 Å². The van der Waals surface area contributed by atoms with Crippen LogP contribution in [-0.4, -0.2) is 43.1 Å². The summed E-state index contributed by atoms with van der Waals surface area (Å²) < 4.78 is 0. The first-order valence-electron chi connectivity index (χ1n) is 8.27. The van der Waals surface area contributed by atoms with Gasteiger partial charge in [0.05, 0.1) is 5.69 Å². The van der Waals surface area contributed by atoms with E-state index in [-0.39, 0.29) is 24.4 Å². The number of nitrogens with two attached hydrogens (primary N) is 1. The Morgan fingerprint density at radius 2 is 1.50 bits per heavy atom. The molecule has 0 saturated carbocycles. The van der Waals surface area contributed by atoms with Crippen LogP contribution in [0.1, 0.15) is 0 Å². The van der Waals surface area contributed by atoms with E-state index in [4.69, 9.17) is 40.5 Å². The zero-order chi connectivity index (χ0) is 19.4. The minimum Gasteiger partial charge on any atom is -0.369 e. The van der Waals surface area contributed by atoms with Crippen molar-refractivity contribution in [2.24, 2.45) is 10.7 Å². The van der Waals surface area contributed by atoms with E-state index in [1.807, 2.05) is 12.1 Å². The predicted octanol–water partition coefficient (Wildman–Crippen LogP) is 4.55. The molecule has 0 spiro atoms. The lowest BCUT2D eigenvalue weighted by Crippen LogP contribution is -2.53. The van der Waals surface area contributed by atoms with Crippen LogP contribution in [0.5, 0.6) is 0 Å². The fraction of sp³-hybridized carbons (Fsp3) is 0.222. The number of hydrogen-bond acceptors (Lipinski definition) is 3. The van der Waals surface area contributed by atoms with Crippen LogP contribution in [0.3, 0.4) is 0 Å². The van der Waals surface area contributed by atoms with E-state index < -0.39 is 0 Å². The van der Waals surface area contributed by atoms with Crippen LogP contribution in [0.15, 0.2) is 47.5 Å². The first-order chi connectivity index (χ1) is 12.9.